The molecular weight excluding hydrogens is 178 g/mol. The van der Waals surface area contributed by atoms with Crippen molar-refractivity contribution in [3.8, 4) is 0 Å². The summed E-state index contributed by atoms with van der Waals surface area (Å²) in [6.45, 7) is 1.06. The van der Waals surface area contributed by atoms with Crippen molar-refractivity contribution in [3.05, 3.63) is 24.4 Å². The van der Waals surface area contributed by atoms with Crippen LogP contribution >= 0.6 is 0 Å². The second kappa shape index (κ2) is 5.34. The Balaban J connectivity index is 2.72. The summed E-state index contributed by atoms with van der Waals surface area (Å²) in [4.78, 5) is 18.6. The van der Waals surface area contributed by atoms with E-state index in [2.05, 4.69) is 4.98 Å². The molecule has 0 aromatic carbocycles. The highest BCUT2D eigenvalue weighted by atomic mass is 16.1. The Morgan fingerprint density at radius 2 is 2.21 bits per heavy atom. The van der Waals surface area contributed by atoms with Crippen molar-refractivity contribution >= 4 is 12.1 Å². The van der Waals surface area contributed by atoms with Crippen LogP contribution in [0, 0.1) is 0 Å². The van der Waals surface area contributed by atoms with Crippen molar-refractivity contribution < 1.29 is 4.79 Å². The number of carbonyl (C=O) groups excluding carboxylic acids is 1. The number of hydrogen-bond acceptors (Lipinski definition) is 4. The normalized spacial score (nSPS) is 10.2. The van der Waals surface area contributed by atoms with Gasteiger partial charge in [-0.2, -0.15) is 0 Å². The molecule has 4 nitrogen and oxygen atoms in total. The molecule has 0 bridgehead atoms. The topological polar surface area (TPSA) is 36.4 Å². The minimum absolute atomic E-state index is 0.370. The first-order valence-corrected chi connectivity index (χ1v) is 4.48. The second-order valence-electron chi connectivity index (χ2n) is 3.30. The maximum absolute atomic E-state index is 10.5. The van der Waals surface area contributed by atoms with Crippen molar-refractivity contribution in [2.75, 3.05) is 32.2 Å². The van der Waals surface area contributed by atoms with Crippen LogP contribution in [0.1, 0.15) is 0 Å². The van der Waals surface area contributed by atoms with Crippen LogP contribution in [0.5, 0.6) is 0 Å². The van der Waals surface area contributed by atoms with Gasteiger partial charge in [-0.3, -0.25) is 4.90 Å². The maximum Gasteiger partial charge on any atom is 0.139 e. The van der Waals surface area contributed by atoms with Gasteiger partial charge in [-0.05, 0) is 26.2 Å². The molecule has 1 heterocycles. The number of pyridine rings is 1. The number of aldehydes is 1. The van der Waals surface area contributed by atoms with Crippen molar-refractivity contribution in [3.63, 3.8) is 0 Å². The molecule has 0 unspecified atom stereocenters. The van der Waals surface area contributed by atoms with Gasteiger partial charge in [0.2, 0.25) is 0 Å². The number of hydrogen-bond donors (Lipinski definition) is 0. The molecule has 1 aromatic heterocycles. The lowest BCUT2D eigenvalue weighted by molar-refractivity contribution is -0.106. The molecule has 0 N–H and O–H groups in total. The molecule has 0 spiro atoms. The number of anilines is 1. The largest absolute Gasteiger partial charge is 0.337 e. The fourth-order valence-electron chi connectivity index (χ4n) is 1.20. The van der Waals surface area contributed by atoms with E-state index in [0.29, 0.717) is 13.2 Å². The summed E-state index contributed by atoms with van der Waals surface area (Å²) in [5, 5.41) is 0. The van der Waals surface area contributed by atoms with Gasteiger partial charge in [0.05, 0.1) is 13.2 Å². The average molecular weight is 193 g/mol. The van der Waals surface area contributed by atoms with Gasteiger partial charge in [-0.25, -0.2) is 4.98 Å². The third kappa shape index (κ3) is 3.14. The molecule has 76 valence electrons. The number of nitrogens with zero attached hydrogens (tertiary/aromatic N) is 3. The predicted octanol–water partition coefficient (Wildman–Crippen LogP) is 0.606. The lowest BCUT2D eigenvalue weighted by Gasteiger charge is -2.24. The van der Waals surface area contributed by atoms with E-state index >= 15 is 0 Å². The predicted molar refractivity (Wildman–Crippen MR) is 56.2 cm³/mol. The summed E-state index contributed by atoms with van der Waals surface area (Å²) in [6.07, 6.45) is 2.61. The van der Waals surface area contributed by atoms with Crippen LogP contribution in [0.15, 0.2) is 24.4 Å². The summed E-state index contributed by atoms with van der Waals surface area (Å²) in [5.74, 6) is 0.827. The van der Waals surface area contributed by atoms with Crippen molar-refractivity contribution in [2.24, 2.45) is 0 Å². The number of aromatic nitrogens is 1. The zero-order chi connectivity index (χ0) is 10.4. The molecule has 0 aliphatic carbocycles. The molecule has 0 amide bonds. The Morgan fingerprint density at radius 1 is 1.43 bits per heavy atom. The average Bonchev–Trinajstić information content (AvgIpc) is 2.18. The SMILES string of the molecule is CN(C)CN(CC=O)c1ccccn1. The third-order valence-electron chi connectivity index (χ3n) is 1.72. The zero-order valence-electron chi connectivity index (χ0n) is 8.55. The fraction of sp³-hybridized carbons (Fsp3) is 0.400. The highest BCUT2D eigenvalue weighted by molar-refractivity contribution is 5.59. The Kier molecular flexibility index (Phi) is 4.07. The van der Waals surface area contributed by atoms with E-state index in [9.17, 15) is 4.79 Å². The highest BCUT2D eigenvalue weighted by Crippen LogP contribution is 2.07. The van der Waals surface area contributed by atoms with Gasteiger partial charge in [0, 0.05) is 6.20 Å². The molecule has 0 fully saturated rings. The molecule has 0 aliphatic heterocycles. The van der Waals surface area contributed by atoms with Crippen LogP contribution in [0.3, 0.4) is 0 Å². The molecule has 0 atom stereocenters. The van der Waals surface area contributed by atoms with Gasteiger partial charge in [-0.1, -0.05) is 6.07 Å². The van der Waals surface area contributed by atoms with Gasteiger partial charge in [0.1, 0.15) is 12.1 Å². The quantitative estimate of drug-likeness (QED) is 0.507. The number of carbonyl (C=O) groups is 1. The number of rotatable bonds is 5. The molecule has 0 saturated heterocycles. The molecule has 0 saturated carbocycles. The summed E-state index contributed by atoms with van der Waals surface area (Å²) in [5.41, 5.74) is 0. The molecule has 0 aliphatic rings. The Hall–Kier alpha value is -1.42. The van der Waals surface area contributed by atoms with Gasteiger partial charge in [-0.15, -0.1) is 0 Å². The van der Waals surface area contributed by atoms with Crippen LogP contribution in [0.4, 0.5) is 5.82 Å². The van der Waals surface area contributed by atoms with E-state index in [-0.39, 0.29) is 0 Å². The molecule has 1 rings (SSSR count). The smallest absolute Gasteiger partial charge is 0.139 e. The molecule has 0 radical (unpaired) electrons. The van der Waals surface area contributed by atoms with Crippen LogP contribution in [-0.2, 0) is 4.79 Å². The lowest BCUT2D eigenvalue weighted by atomic mass is 10.4. The first kappa shape index (κ1) is 10.7. The monoisotopic (exact) mass is 193 g/mol. The lowest BCUT2D eigenvalue weighted by Crippen LogP contribution is -2.35. The van der Waals surface area contributed by atoms with Gasteiger partial charge < -0.3 is 9.69 Å². The zero-order valence-corrected chi connectivity index (χ0v) is 8.55. The van der Waals surface area contributed by atoms with E-state index in [1.807, 2.05) is 42.1 Å². The van der Waals surface area contributed by atoms with Crippen LogP contribution < -0.4 is 4.90 Å². The molecule has 14 heavy (non-hydrogen) atoms. The van der Waals surface area contributed by atoms with E-state index in [1.165, 1.54) is 0 Å². The Bertz CT molecular complexity index is 274. The summed E-state index contributed by atoms with van der Waals surface area (Å²) < 4.78 is 0. The van der Waals surface area contributed by atoms with Gasteiger partial charge in [0.15, 0.2) is 0 Å². The van der Waals surface area contributed by atoms with E-state index < -0.39 is 0 Å². The molecule has 1 aromatic rings. The van der Waals surface area contributed by atoms with E-state index in [0.717, 1.165) is 12.1 Å². The second-order valence-corrected chi connectivity index (χ2v) is 3.30. The first-order valence-electron chi connectivity index (χ1n) is 4.48. The summed E-state index contributed by atoms with van der Waals surface area (Å²) >= 11 is 0. The fourth-order valence-corrected chi connectivity index (χ4v) is 1.20. The highest BCUT2D eigenvalue weighted by Gasteiger charge is 2.06. The van der Waals surface area contributed by atoms with Crippen LogP contribution in [0.25, 0.3) is 0 Å². The minimum Gasteiger partial charge on any atom is -0.337 e. The third-order valence-corrected chi connectivity index (χ3v) is 1.72. The first-order chi connectivity index (χ1) is 6.74. The Morgan fingerprint density at radius 3 is 2.71 bits per heavy atom. The van der Waals surface area contributed by atoms with E-state index in [1.54, 1.807) is 6.20 Å². The van der Waals surface area contributed by atoms with Crippen LogP contribution in [0.2, 0.25) is 0 Å². The molecular formula is C10H15N3O. The van der Waals surface area contributed by atoms with Crippen molar-refractivity contribution in [1.29, 1.82) is 0 Å². The minimum atomic E-state index is 0.370. The Labute approximate surface area is 84.2 Å². The van der Waals surface area contributed by atoms with Gasteiger partial charge in [0.25, 0.3) is 0 Å². The summed E-state index contributed by atoms with van der Waals surface area (Å²) in [7, 11) is 3.92. The standard InChI is InChI=1S/C10H15N3O/c1-12(2)9-13(7-8-14)10-5-3-4-6-11-10/h3-6,8H,7,9H2,1-2H3. The summed E-state index contributed by atoms with van der Waals surface area (Å²) in [6, 6.07) is 5.67. The maximum atomic E-state index is 10.5. The van der Waals surface area contributed by atoms with Gasteiger partial charge >= 0.3 is 0 Å². The van der Waals surface area contributed by atoms with Crippen molar-refractivity contribution in [1.82, 2.24) is 9.88 Å². The van der Waals surface area contributed by atoms with Crippen molar-refractivity contribution in [2.45, 2.75) is 0 Å². The van der Waals surface area contributed by atoms with Crippen LogP contribution in [-0.4, -0.2) is 43.5 Å². The van der Waals surface area contributed by atoms with E-state index in [4.69, 9.17) is 0 Å². The molecule has 4 heteroatoms.